The fourth-order valence-corrected chi connectivity index (χ4v) is 3.64. The first kappa shape index (κ1) is 19.3. The molecular weight excluding hydrogens is 369 g/mol. The summed E-state index contributed by atoms with van der Waals surface area (Å²) in [5, 5.41) is 7.48. The molecule has 4 rings (SSSR count). The molecule has 1 aliphatic rings. The van der Waals surface area contributed by atoms with Gasteiger partial charge in [-0.05, 0) is 55.5 Å². The second-order valence-corrected chi connectivity index (χ2v) is 7.16. The van der Waals surface area contributed by atoms with Crippen LogP contribution >= 0.6 is 0 Å². The lowest BCUT2D eigenvalue weighted by molar-refractivity contribution is 0.0928. The number of hydrogen-bond donors (Lipinski definition) is 1. The zero-order chi connectivity index (χ0) is 20.1. The molecule has 1 aliphatic carbocycles. The van der Waals surface area contributed by atoms with Crippen LogP contribution in [0.1, 0.15) is 40.2 Å². The average molecular weight is 393 g/mol. The number of rotatable bonds is 8. The van der Waals surface area contributed by atoms with Crippen LogP contribution in [0.15, 0.2) is 54.6 Å². The van der Waals surface area contributed by atoms with Crippen LogP contribution in [-0.2, 0) is 24.2 Å². The van der Waals surface area contributed by atoms with E-state index in [4.69, 9.17) is 4.74 Å². The predicted molar refractivity (Wildman–Crippen MR) is 109 cm³/mol. The third-order valence-corrected chi connectivity index (χ3v) is 5.08. The number of aromatic nitrogens is 2. The van der Waals surface area contributed by atoms with Gasteiger partial charge in [-0.25, -0.2) is 9.07 Å². The van der Waals surface area contributed by atoms with Crippen molar-refractivity contribution in [3.63, 3.8) is 0 Å². The minimum absolute atomic E-state index is 0.160. The maximum absolute atomic E-state index is 13.2. The largest absolute Gasteiger partial charge is 0.377 e. The predicted octanol–water partition coefficient (Wildman–Crippen LogP) is 3.84. The highest BCUT2D eigenvalue weighted by Gasteiger charge is 2.26. The van der Waals surface area contributed by atoms with Crippen molar-refractivity contribution < 1.29 is 13.9 Å². The SMILES string of the molecule is O=C(NCCCOCc1ccccc1)c1nn(-c2ccc(F)cc2)c2c1CCC2. The number of amides is 1. The van der Waals surface area contributed by atoms with Crippen LogP contribution < -0.4 is 5.32 Å². The molecule has 1 heterocycles. The molecule has 0 atom stereocenters. The maximum atomic E-state index is 13.2. The Morgan fingerprint density at radius 3 is 2.69 bits per heavy atom. The quantitative estimate of drug-likeness (QED) is 0.592. The molecule has 0 bridgehead atoms. The Hall–Kier alpha value is -2.99. The van der Waals surface area contributed by atoms with Crippen LogP contribution in [-0.4, -0.2) is 28.8 Å². The highest BCUT2D eigenvalue weighted by molar-refractivity contribution is 5.94. The molecule has 1 aromatic heterocycles. The van der Waals surface area contributed by atoms with E-state index in [2.05, 4.69) is 10.4 Å². The summed E-state index contributed by atoms with van der Waals surface area (Å²) >= 11 is 0. The van der Waals surface area contributed by atoms with Crippen LogP contribution in [0.3, 0.4) is 0 Å². The van der Waals surface area contributed by atoms with Gasteiger partial charge in [-0.15, -0.1) is 0 Å². The number of nitrogens with zero attached hydrogens (tertiary/aromatic N) is 2. The molecule has 6 heteroatoms. The summed E-state index contributed by atoms with van der Waals surface area (Å²) in [6.07, 6.45) is 3.46. The first-order chi connectivity index (χ1) is 14.2. The van der Waals surface area contributed by atoms with Gasteiger partial charge in [0.1, 0.15) is 5.82 Å². The van der Waals surface area contributed by atoms with Crippen molar-refractivity contribution in [1.29, 1.82) is 0 Å². The standard InChI is InChI=1S/C23H24FN3O2/c24-18-10-12-19(13-11-18)27-21-9-4-8-20(21)22(26-27)23(28)25-14-5-15-29-16-17-6-2-1-3-7-17/h1-3,6-7,10-13H,4-5,8-9,14-16H2,(H,25,28). The first-order valence-electron chi connectivity index (χ1n) is 9.99. The van der Waals surface area contributed by atoms with Crippen molar-refractivity contribution in [2.75, 3.05) is 13.2 Å². The molecule has 1 amide bonds. The molecule has 150 valence electrons. The maximum Gasteiger partial charge on any atom is 0.272 e. The summed E-state index contributed by atoms with van der Waals surface area (Å²) < 4.78 is 20.7. The molecule has 5 nitrogen and oxygen atoms in total. The Labute approximate surface area is 169 Å². The van der Waals surface area contributed by atoms with Gasteiger partial charge in [-0.2, -0.15) is 5.10 Å². The Bertz CT molecular complexity index is 968. The van der Waals surface area contributed by atoms with Gasteiger partial charge in [0, 0.05) is 24.4 Å². The third-order valence-electron chi connectivity index (χ3n) is 5.08. The first-order valence-corrected chi connectivity index (χ1v) is 9.99. The number of carbonyl (C=O) groups is 1. The summed E-state index contributed by atoms with van der Waals surface area (Å²) in [6, 6.07) is 16.2. The molecule has 29 heavy (non-hydrogen) atoms. The van der Waals surface area contributed by atoms with Gasteiger partial charge in [0.05, 0.1) is 12.3 Å². The van der Waals surface area contributed by atoms with Gasteiger partial charge >= 0.3 is 0 Å². The normalized spacial score (nSPS) is 12.7. The third kappa shape index (κ3) is 4.54. The van der Waals surface area contributed by atoms with Crippen LogP contribution in [0, 0.1) is 5.82 Å². The zero-order valence-electron chi connectivity index (χ0n) is 16.2. The average Bonchev–Trinajstić information content (AvgIpc) is 3.35. The van der Waals surface area contributed by atoms with Crippen molar-refractivity contribution in [2.45, 2.75) is 32.3 Å². The van der Waals surface area contributed by atoms with Crippen molar-refractivity contribution in [3.05, 3.63) is 82.9 Å². The number of ether oxygens (including phenoxy) is 1. The van der Waals surface area contributed by atoms with Gasteiger partial charge in [-0.1, -0.05) is 30.3 Å². The highest BCUT2D eigenvalue weighted by atomic mass is 19.1. The fourth-order valence-electron chi connectivity index (χ4n) is 3.64. The summed E-state index contributed by atoms with van der Waals surface area (Å²) in [7, 11) is 0. The number of carbonyl (C=O) groups excluding carboxylic acids is 1. The Morgan fingerprint density at radius 1 is 1.10 bits per heavy atom. The van der Waals surface area contributed by atoms with Gasteiger partial charge in [0.15, 0.2) is 5.69 Å². The lowest BCUT2D eigenvalue weighted by Gasteiger charge is -2.06. The van der Waals surface area contributed by atoms with Crippen LogP contribution in [0.4, 0.5) is 4.39 Å². The van der Waals surface area contributed by atoms with Gasteiger partial charge in [-0.3, -0.25) is 4.79 Å². The molecule has 0 saturated heterocycles. The second-order valence-electron chi connectivity index (χ2n) is 7.16. The van der Waals surface area contributed by atoms with E-state index < -0.39 is 0 Å². The topological polar surface area (TPSA) is 56.1 Å². The molecule has 0 aliphatic heterocycles. The summed E-state index contributed by atoms with van der Waals surface area (Å²) in [6.45, 7) is 1.69. The van der Waals surface area contributed by atoms with Crippen molar-refractivity contribution in [2.24, 2.45) is 0 Å². The molecule has 0 unspecified atom stereocenters. The summed E-state index contributed by atoms with van der Waals surface area (Å²) in [5.41, 5.74) is 4.45. The van der Waals surface area contributed by atoms with Crippen molar-refractivity contribution >= 4 is 5.91 Å². The van der Waals surface area contributed by atoms with E-state index in [1.165, 1.54) is 12.1 Å². The lowest BCUT2D eigenvalue weighted by atomic mass is 10.2. The van der Waals surface area contributed by atoms with Crippen molar-refractivity contribution in [3.8, 4) is 5.69 Å². The number of benzene rings is 2. The van der Waals surface area contributed by atoms with E-state index in [9.17, 15) is 9.18 Å². The number of nitrogens with one attached hydrogen (secondary N) is 1. The van der Waals surface area contributed by atoms with Gasteiger partial charge < -0.3 is 10.1 Å². The van der Waals surface area contributed by atoms with Crippen LogP contribution in [0.25, 0.3) is 5.69 Å². The lowest BCUT2D eigenvalue weighted by Crippen LogP contribution is -2.26. The molecule has 0 spiro atoms. The Kier molecular flexibility index (Phi) is 6.00. The van der Waals surface area contributed by atoms with E-state index in [0.29, 0.717) is 25.5 Å². The molecule has 0 saturated carbocycles. The van der Waals surface area contributed by atoms with E-state index in [1.54, 1.807) is 16.8 Å². The minimum atomic E-state index is -0.287. The highest BCUT2D eigenvalue weighted by Crippen LogP contribution is 2.27. The van der Waals surface area contributed by atoms with Gasteiger partial charge in [0.2, 0.25) is 0 Å². The van der Waals surface area contributed by atoms with E-state index in [-0.39, 0.29) is 11.7 Å². The smallest absolute Gasteiger partial charge is 0.272 e. The number of fused-ring (bicyclic) bond motifs is 1. The molecular formula is C23H24FN3O2. The second kappa shape index (κ2) is 9.01. The summed E-state index contributed by atoms with van der Waals surface area (Å²) in [5.74, 6) is -0.447. The minimum Gasteiger partial charge on any atom is -0.377 e. The number of halogens is 1. The Morgan fingerprint density at radius 2 is 1.90 bits per heavy atom. The zero-order valence-corrected chi connectivity index (χ0v) is 16.2. The monoisotopic (exact) mass is 393 g/mol. The summed E-state index contributed by atoms with van der Waals surface area (Å²) in [4.78, 5) is 12.7. The fraction of sp³-hybridized carbons (Fsp3) is 0.304. The van der Waals surface area contributed by atoms with E-state index >= 15 is 0 Å². The van der Waals surface area contributed by atoms with Crippen LogP contribution in [0.5, 0.6) is 0 Å². The van der Waals surface area contributed by atoms with Gasteiger partial charge in [0.25, 0.3) is 5.91 Å². The van der Waals surface area contributed by atoms with E-state index in [1.807, 2.05) is 30.3 Å². The molecule has 1 N–H and O–H groups in total. The number of hydrogen-bond acceptors (Lipinski definition) is 3. The van der Waals surface area contributed by atoms with Crippen molar-refractivity contribution in [1.82, 2.24) is 15.1 Å². The molecule has 3 aromatic rings. The molecule has 0 radical (unpaired) electrons. The molecule has 0 fully saturated rings. The van der Waals surface area contributed by atoms with Crippen LogP contribution in [0.2, 0.25) is 0 Å². The Balaban J connectivity index is 1.32. The molecule has 2 aromatic carbocycles. The van der Waals surface area contributed by atoms with E-state index in [0.717, 1.165) is 48.2 Å².